The van der Waals surface area contributed by atoms with Gasteiger partial charge in [-0.25, -0.2) is 9.98 Å². The number of thioether (sulfide) groups is 1. The first-order valence-corrected chi connectivity index (χ1v) is 4.54. The molecular weight excluding hydrogens is 224 g/mol. The van der Waals surface area contributed by atoms with Crippen molar-refractivity contribution < 1.29 is 4.74 Å². The first-order valence-electron chi connectivity index (χ1n) is 3.66. The number of hydrogen-bond donors (Lipinski definition) is 1. The zero-order valence-electron chi connectivity index (χ0n) is 7.43. The van der Waals surface area contributed by atoms with E-state index in [-0.39, 0.29) is 12.4 Å². The number of nitrogens with zero attached hydrogens (tertiary/aromatic N) is 3. The minimum absolute atomic E-state index is 0. The van der Waals surface area contributed by atoms with Crippen molar-refractivity contribution in [1.82, 2.24) is 0 Å². The summed E-state index contributed by atoms with van der Waals surface area (Å²) >= 11 is 1.45. The Bertz CT molecular complexity index is 361. The fourth-order valence-electron chi connectivity index (χ4n) is 1.03. The van der Waals surface area contributed by atoms with Gasteiger partial charge in [-0.05, 0) is 0 Å². The highest BCUT2D eigenvalue weighted by Gasteiger charge is 2.22. The van der Waals surface area contributed by atoms with Crippen LogP contribution in [0.1, 0.15) is 0 Å². The van der Waals surface area contributed by atoms with E-state index >= 15 is 0 Å². The SMILES string of the molecule is COC1=NCN=C2SC=C(N)N=C12.Cl. The van der Waals surface area contributed by atoms with E-state index in [9.17, 15) is 0 Å². The van der Waals surface area contributed by atoms with Crippen LogP contribution in [0.2, 0.25) is 0 Å². The van der Waals surface area contributed by atoms with Crippen molar-refractivity contribution in [2.24, 2.45) is 20.7 Å². The van der Waals surface area contributed by atoms with E-state index in [4.69, 9.17) is 10.5 Å². The maximum Gasteiger partial charge on any atom is 0.239 e. The highest BCUT2D eigenvalue weighted by atomic mass is 35.5. The summed E-state index contributed by atoms with van der Waals surface area (Å²) in [6.45, 7) is 0.401. The summed E-state index contributed by atoms with van der Waals surface area (Å²) in [7, 11) is 1.56. The van der Waals surface area contributed by atoms with Crippen LogP contribution < -0.4 is 5.73 Å². The van der Waals surface area contributed by atoms with Gasteiger partial charge in [0.2, 0.25) is 5.90 Å². The van der Waals surface area contributed by atoms with Gasteiger partial charge in [0, 0.05) is 5.41 Å². The monoisotopic (exact) mass is 232 g/mol. The molecule has 2 rings (SSSR count). The molecule has 0 fully saturated rings. The third kappa shape index (κ3) is 1.91. The molecule has 14 heavy (non-hydrogen) atoms. The fourth-order valence-corrected chi connectivity index (χ4v) is 1.69. The summed E-state index contributed by atoms with van der Waals surface area (Å²) in [5, 5.41) is 2.57. The largest absolute Gasteiger partial charge is 0.480 e. The average molecular weight is 233 g/mol. The molecule has 0 radical (unpaired) electrons. The van der Waals surface area contributed by atoms with Gasteiger partial charge in [-0.3, -0.25) is 4.99 Å². The van der Waals surface area contributed by atoms with E-state index in [0.29, 0.717) is 24.1 Å². The highest BCUT2D eigenvalue weighted by Crippen LogP contribution is 2.19. The van der Waals surface area contributed by atoms with Crippen LogP contribution in [-0.4, -0.2) is 30.4 Å². The van der Waals surface area contributed by atoms with E-state index in [1.54, 1.807) is 12.5 Å². The summed E-state index contributed by atoms with van der Waals surface area (Å²) in [5.41, 5.74) is 6.18. The second kappa shape index (κ2) is 4.47. The number of nitrogens with two attached hydrogens (primary N) is 1. The van der Waals surface area contributed by atoms with Crippen LogP contribution in [0.25, 0.3) is 0 Å². The Morgan fingerprint density at radius 2 is 2.29 bits per heavy atom. The predicted molar refractivity (Wildman–Crippen MR) is 61.3 cm³/mol. The van der Waals surface area contributed by atoms with Crippen LogP contribution >= 0.6 is 24.2 Å². The third-order valence-corrected chi connectivity index (χ3v) is 2.46. The van der Waals surface area contributed by atoms with E-state index in [0.717, 1.165) is 5.04 Å². The number of halogens is 1. The van der Waals surface area contributed by atoms with Crippen molar-refractivity contribution in [3.63, 3.8) is 0 Å². The second-order valence-electron chi connectivity index (χ2n) is 2.39. The molecule has 5 nitrogen and oxygen atoms in total. The van der Waals surface area contributed by atoms with Crippen LogP contribution in [0, 0.1) is 0 Å². The number of rotatable bonds is 0. The number of methoxy groups -OCH3 is 1. The van der Waals surface area contributed by atoms with E-state index < -0.39 is 0 Å². The number of aliphatic imine (C=N–C) groups is 3. The summed E-state index contributed by atoms with van der Waals surface area (Å²) in [6, 6.07) is 0. The molecular formula is C7H9ClN4OS. The van der Waals surface area contributed by atoms with Crippen molar-refractivity contribution >= 4 is 40.8 Å². The number of ether oxygens (including phenoxy) is 1. The predicted octanol–water partition coefficient (Wildman–Crippen LogP) is 0.768. The lowest BCUT2D eigenvalue weighted by atomic mass is 10.3. The van der Waals surface area contributed by atoms with Gasteiger partial charge in [0.05, 0.1) is 7.11 Å². The lowest BCUT2D eigenvalue weighted by Crippen LogP contribution is -2.29. The molecule has 0 bridgehead atoms. The van der Waals surface area contributed by atoms with Crippen LogP contribution in [-0.2, 0) is 4.74 Å². The molecule has 0 aromatic carbocycles. The Balaban J connectivity index is 0.000000980. The maximum absolute atomic E-state index is 5.55. The van der Waals surface area contributed by atoms with Crippen molar-refractivity contribution in [3.05, 3.63) is 11.2 Å². The van der Waals surface area contributed by atoms with Gasteiger partial charge in [0.15, 0.2) is 5.71 Å². The van der Waals surface area contributed by atoms with Crippen LogP contribution in [0.4, 0.5) is 0 Å². The molecule has 0 aromatic heterocycles. The molecule has 7 heteroatoms. The average Bonchev–Trinajstić information content (AvgIpc) is 2.17. The van der Waals surface area contributed by atoms with E-state index in [1.165, 1.54) is 11.8 Å². The highest BCUT2D eigenvalue weighted by molar-refractivity contribution is 8.18. The topological polar surface area (TPSA) is 72.3 Å². The summed E-state index contributed by atoms with van der Waals surface area (Å²) in [6.07, 6.45) is 0. The Morgan fingerprint density at radius 1 is 1.50 bits per heavy atom. The van der Waals surface area contributed by atoms with Crippen LogP contribution in [0.3, 0.4) is 0 Å². The zero-order valence-corrected chi connectivity index (χ0v) is 9.06. The Labute approximate surface area is 91.6 Å². The molecule has 2 aliphatic heterocycles. The first-order chi connectivity index (χ1) is 6.31. The molecule has 0 unspecified atom stereocenters. The smallest absolute Gasteiger partial charge is 0.239 e. The Kier molecular flexibility index (Phi) is 3.54. The van der Waals surface area contributed by atoms with Gasteiger partial charge >= 0.3 is 0 Å². The summed E-state index contributed by atoms with van der Waals surface area (Å²) < 4.78 is 5.05. The lowest BCUT2D eigenvalue weighted by molar-refractivity contribution is 0.409. The van der Waals surface area contributed by atoms with Crippen molar-refractivity contribution in [2.75, 3.05) is 13.8 Å². The molecule has 76 valence electrons. The molecule has 0 spiro atoms. The van der Waals surface area contributed by atoms with Crippen molar-refractivity contribution in [3.8, 4) is 0 Å². The van der Waals surface area contributed by atoms with Crippen molar-refractivity contribution in [2.45, 2.75) is 0 Å². The first kappa shape index (κ1) is 11.1. The molecule has 0 saturated heterocycles. The van der Waals surface area contributed by atoms with Crippen LogP contribution in [0.5, 0.6) is 0 Å². The van der Waals surface area contributed by atoms with Crippen molar-refractivity contribution in [1.29, 1.82) is 0 Å². The molecule has 0 atom stereocenters. The zero-order chi connectivity index (χ0) is 9.26. The molecule has 0 aromatic rings. The molecule has 2 heterocycles. The van der Waals surface area contributed by atoms with Gasteiger partial charge in [0.25, 0.3) is 0 Å². The quantitative estimate of drug-likeness (QED) is 0.671. The second-order valence-corrected chi connectivity index (χ2v) is 3.25. The number of hydrogen-bond acceptors (Lipinski definition) is 6. The fraction of sp³-hybridized carbons (Fsp3) is 0.286. The van der Waals surface area contributed by atoms with Crippen LogP contribution in [0.15, 0.2) is 26.2 Å². The summed E-state index contributed by atoms with van der Waals surface area (Å²) in [5.74, 6) is 0.971. The lowest BCUT2D eigenvalue weighted by Gasteiger charge is -2.16. The maximum atomic E-state index is 5.55. The van der Waals surface area contributed by atoms with E-state index in [1.807, 2.05) is 0 Å². The third-order valence-electron chi connectivity index (χ3n) is 1.56. The molecule has 0 aliphatic carbocycles. The Hall–Kier alpha value is -1.01. The molecule has 0 amide bonds. The molecule has 2 aliphatic rings. The van der Waals surface area contributed by atoms with Gasteiger partial charge in [0.1, 0.15) is 17.5 Å². The standard InChI is InChI=1S/C7H8N4OS.ClH/c1-12-6-5-7(10-3-9-6)13-2-4(8)11-5;/h2H,3,8H2,1H3;1H. The minimum Gasteiger partial charge on any atom is -0.480 e. The normalized spacial score (nSPS) is 19.2. The van der Waals surface area contributed by atoms with Gasteiger partial charge in [-0.1, -0.05) is 11.8 Å². The minimum atomic E-state index is 0. The van der Waals surface area contributed by atoms with Gasteiger partial charge < -0.3 is 10.5 Å². The summed E-state index contributed by atoms with van der Waals surface area (Å²) in [4.78, 5) is 12.3. The molecule has 0 saturated carbocycles. The number of fused-ring (bicyclic) bond motifs is 1. The van der Waals surface area contributed by atoms with Gasteiger partial charge in [-0.2, -0.15) is 0 Å². The Morgan fingerprint density at radius 3 is 3.00 bits per heavy atom. The van der Waals surface area contributed by atoms with E-state index in [2.05, 4.69) is 15.0 Å². The molecule has 2 N–H and O–H groups in total. The van der Waals surface area contributed by atoms with Gasteiger partial charge in [-0.15, -0.1) is 12.4 Å².